The number of hydrogen-bond acceptors (Lipinski definition) is 0. The van der Waals surface area contributed by atoms with Crippen molar-refractivity contribution in [2.45, 2.75) is 0 Å². The van der Waals surface area contributed by atoms with Gasteiger partial charge in [0, 0.05) is 0 Å². The Morgan fingerprint density at radius 2 is 1.80 bits per heavy atom. The maximum atomic E-state index is 2.12. The van der Waals surface area contributed by atoms with Gasteiger partial charge >= 0.3 is 21.7 Å². The van der Waals surface area contributed by atoms with Gasteiger partial charge < -0.3 is 0 Å². The molecular formula is C9H7Ti+3. The Labute approximate surface area is 75.1 Å². The first-order valence-electron chi connectivity index (χ1n) is 3.07. The molecule has 0 saturated heterocycles. The van der Waals surface area contributed by atoms with Gasteiger partial charge in [0.25, 0.3) is 0 Å². The molecule has 0 aliphatic carbocycles. The molecule has 0 aliphatic rings. The Hall–Kier alpha value is -0.456. The van der Waals surface area contributed by atoms with Crippen LogP contribution in [0.25, 0.3) is 10.8 Å². The SMILES string of the molecule is [Ti+4].c1ccc2[cH-]ccc2c1. The van der Waals surface area contributed by atoms with Gasteiger partial charge in [-0.05, 0) is 0 Å². The second kappa shape index (κ2) is 3.09. The molecule has 0 fully saturated rings. The summed E-state index contributed by atoms with van der Waals surface area (Å²) >= 11 is 0. The van der Waals surface area contributed by atoms with E-state index in [9.17, 15) is 0 Å². The Morgan fingerprint density at radius 3 is 2.60 bits per heavy atom. The maximum absolute atomic E-state index is 2.12. The van der Waals surface area contributed by atoms with Crippen molar-refractivity contribution in [1.82, 2.24) is 0 Å². The molecule has 0 bridgehead atoms. The standard InChI is InChI=1S/C9H7.Ti/c1-2-5-9-7-3-6-8(9)4-1;/h1-7H;/q-1;+4. The van der Waals surface area contributed by atoms with Crippen LogP contribution in [-0.2, 0) is 21.7 Å². The maximum Gasteiger partial charge on any atom is 4.00 e. The molecule has 0 heterocycles. The van der Waals surface area contributed by atoms with Crippen molar-refractivity contribution < 1.29 is 21.7 Å². The first-order chi connectivity index (χ1) is 4.47. The molecular weight excluding hydrogens is 156 g/mol. The molecule has 2 aromatic rings. The third-order valence-electron chi connectivity index (χ3n) is 1.55. The van der Waals surface area contributed by atoms with Gasteiger partial charge in [-0.3, -0.25) is 0 Å². The molecule has 2 rings (SSSR count). The van der Waals surface area contributed by atoms with Crippen LogP contribution in [0.1, 0.15) is 0 Å². The second-order valence-electron chi connectivity index (χ2n) is 2.15. The second-order valence-corrected chi connectivity index (χ2v) is 2.15. The average Bonchev–Trinajstić information content (AvgIpc) is 2.33. The van der Waals surface area contributed by atoms with Gasteiger partial charge in [-0.25, -0.2) is 0 Å². The molecule has 0 spiro atoms. The normalized spacial score (nSPS) is 9.20. The van der Waals surface area contributed by atoms with Crippen molar-refractivity contribution in [2.24, 2.45) is 0 Å². The summed E-state index contributed by atoms with van der Waals surface area (Å²) in [7, 11) is 0. The smallest absolute Gasteiger partial charge is 0.168 e. The van der Waals surface area contributed by atoms with E-state index in [1.165, 1.54) is 10.8 Å². The van der Waals surface area contributed by atoms with Crippen LogP contribution in [0.15, 0.2) is 42.5 Å². The fourth-order valence-corrected chi connectivity index (χ4v) is 1.07. The minimum atomic E-state index is 0. The third-order valence-corrected chi connectivity index (χ3v) is 1.55. The average molecular weight is 163 g/mol. The fourth-order valence-electron chi connectivity index (χ4n) is 1.07. The number of rotatable bonds is 0. The molecule has 0 aliphatic heterocycles. The van der Waals surface area contributed by atoms with E-state index in [0.29, 0.717) is 0 Å². The summed E-state index contributed by atoms with van der Waals surface area (Å²) in [5, 5.41) is 2.66. The molecule has 0 amide bonds. The molecule has 0 atom stereocenters. The van der Waals surface area contributed by atoms with Crippen LogP contribution in [0.4, 0.5) is 0 Å². The summed E-state index contributed by atoms with van der Waals surface area (Å²) in [5.74, 6) is 0. The monoisotopic (exact) mass is 163 g/mol. The van der Waals surface area contributed by atoms with Crippen molar-refractivity contribution in [3.8, 4) is 0 Å². The van der Waals surface area contributed by atoms with E-state index >= 15 is 0 Å². The predicted molar refractivity (Wildman–Crippen MR) is 39.5 cm³/mol. The van der Waals surface area contributed by atoms with Crippen molar-refractivity contribution in [1.29, 1.82) is 0 Å². The summed E-state index contributed by atoms with van der Waals surface area (Å²) in [6.07, 6.45) is 0. The van der Waals surface area contributed by atoms with Gasteiger partial charge in [-0.1, -0.05) is 6.07 Å². The van der Waals surface area contributed by atoms with Crippen molar-refractivity contribution in [3.63, 3.8) is 0 Å². The van der Waals surface area contributed by atoms with E-state index in [-0.39, 0.29) is 21.7 Å². The first kappa shape index (κ1) is 7.65. The molecule has 1 heteroatoms. The zero-order valence-corrected chi connectivity index (χ0v) is 7.10. The minimum absolute atomic E-state index is 0. The fraction of sp³-hybridized carbons (Fsp3) is 0. The zero-order valence-electron chi connectivity index (χ0n) is 5.54. The number of benzene rings is 1. The van der Waals surface area contributed by atoms with Crippen molar-refractivity contribution in [2.75, 3.05) is 0 Å². The molecule has 10 heavy (non-hydrogen) atoms. The molecule has 44 valence electrons. The van der Waals surface area contributed by atoms with Gasteiger partial charge in [0.1, 0.15) is 0 Å². The topological polar surface area (TPSA) is 0 Å². The van der Waals surface area contributed by atoms with Crippen molar-refractivity contribution in [3.05, 3.63) is 42.5 Å². The van der Waals surface area contributed by atoms with E-state index in [1.54, 1.807) is 0 Å². The van der Waals surface area contributed by atoms with Crippen LogP contribution in [0.5, 0.6) is 0 Å². The van der Waals surface area contributed by atoms with E-state index in [2.05, 4.69) is 42.5 Å². The van der Waals surface area contributed by atoms with E-state index in [0.717, 1.165) is 0 Å². The van der Waals surface area contributed by atoms with Gasteiger partial charge in [-0.15, -0.1) is 29.7 Å². The quantitative estimate of drug-likeness (QED) is 0.413. The Balaban J connectivity index is 0.000000500. The zero-order chi connectivity index (χ0) is 6.10. The van der Waals surface area contributed by atoms with E-state index in [1.807, 2.05) is 0 Å². The molecule has 0 aromatic heterocycles. The van der Waals surface area contributed by atoms with E-state index in [4.69, 9.17) is 0 Å². The van der Waals surface area contributed by atoms with Crippen LogP contribution in [-0.4, -0.2) is 0 Å². The number of fused-ring (bicyclic) bond motifs is 1. The summed E-state index contributed by atoms with van der Waals surface area (Å²) in [4.78, 5) is 0. The van der Waals surface area contributed by atoms with Crippen molar-refractivity contribution >= 4 is 10.8 Å². The van der Waals surface area contributed by atoms with Crippen LogP contribution in [0, 0.1) is 0 Å². The molecule has 0 unspecified atom stereocenters. The molecule has 0 saturated carbocycles. The third kappa shape index (κ3) is 1.18. The van der Waals surface area contributed by atoms with Crippen LogP contribution < -0.4 is 0 Å². The van der Waals surface area contributed by atoms with Crippen LogP contribution in [0.2, 0.25) is 0 Å². The van der Waals surface area contributed by atoms with Crippen LogP contribution >= 0.6 is 0 Å². The van der Waals surface area contributed by atoms with Gasteiger partial charge in [0.15, 0.2) is 0 Å². The molecule has 0 radical (unpaired) electrons. The van der Waals surface area contributed by atoms with Gasteiger partial charge in [0.2, 0.25) is 0 Å². The summed E-state index contributed by atoms with van der Waals surface area (Å²) in [6, 6.07) is 14.7. The Bertz CT molecular complexity index is 279. The summed E-state index contributed by atoms with van der Waals surface area (Å²) in [5.41, 5.74) is 0. The van der Waals surface area contributed by atoms with Gasteiger partial charge in [-0.2, -0.15) is 17.5 Å². The summed E-state index contributed by atoms with van der Waals surface area (Å²) < 4.78 is 0. The molecule has 0 nitrogen and oxygen atoms in total. The Morgan fingerprint density at radius 1 is 1.00 bits per heavy atom. The van der Waals surface area contributed by atoms with Crippen LogP contribution in [0.3, 0.4) is 0 Å². The van der Waals surface area contributed by atoms with E-state index < -0.39 is 0 Å². The molecule has 2 aromatic carbocycles. The predicted octanol–water partition coefficient (Wildman–Crippen LogP) is 2.56. The first-order valence-corrected chi connectivity index (χ1v) is 3.07. The largest absolute Gasteiger partial charge is 4.00 e. The molecule has 0 N–H and O–H groups in total. The minimum Gasteiger partial charge on any atom is -0.168 e. The summed E-state index contributed by atoms with van der Waals surface area (Å²) in [6.45, 7) is 0. The number of hydrogen-bond donors (Lipinski definition) is 0. The Kier molecular flexibility index (Phi) is 2.36. The van der Waals surface area contributed by atoms with Gasteiger partial charge in [0.05, 0.1) is 0 Å².